The van der Waals surface area contributed by atoms with Crippen LogP contribution < -0.4 is 10.2 Å². The van der Waals surface area contributed by atoms with Gasteiger partial charge in [0.1, 0.15) is 5.82 Å². The third-order valence-corrected chi connectivity index (χ3v) is 4.49. The summed E-state index contributed by atoms with van der Waals surface area (Å²) in [7, 11) is 0. The molecule has 0 bridgehead atoms. The molecule has 4 nitrogen and oxygen atoms in total. The Balaban J connectivity index is 1.56. The number of carbonyl (C=O) groups excluding carboxylic acids is 1. The Morgan fingerprint density at radius 2 is 1.62 bits per heavy atom. The number of carbonyl (C=O) groups is 1. The molecule has 126 valence electrons. The number of hydrogen-bond acceptors (Lipinski definition) is 3. The van der Waals surface area contributed by atoms with E-state index in [1.165, 1.54) is 11.8 Å². The van der Waals surface area contributed by atoms with Crippen molar-refractivity contribution in [3.05, 3.63) is 60.4 Å². The Bertz CT molecular complexity index is 684. The van der Waals surface area contributed by atoms with Crippen LogP contribution in [0, 0.1) is 5.82 Å². The topological polar surface area (TPSA) is 35.6 Å². The molecule has 1 heterocycles. The molecule has 1 N–H and O–H groups in total. The van der Waals surface area contributed by atoms with Crippen LogP contribution in [-0.2, 0) is 4.79 Å². The number of anilines is 2. The van der Waals surface area contributed by atoms with E-state index in [2.05, 4.69) is 27.2 Å². The van der Waals surface area contributed by atoms with Gasteiger partial charge >= 0.3 is 0 Å². The van der Waals surface area contributed by atoms with Gasteiger partial charge in [-0.15, -0.1) is 0 Å². The standard InChI is InChI=1S/C19H22FN3O/c1-15(19(24)21-18-10-6-5-9-17(18)20)22-11-13-23(14-12-22)16-7-3-2-4-8-16/h2-10,15H,11-14H2,1H3,(H,21,24)/t15-/m0/s1. The van der Waals surface area contributed by atoms with E-state index in [0.29, 0.717) is 0 Å². The number of benzene rings is 2. The second kappa shape index (κ2) is 7.45. The first-order valence-corrected chi connectivity index (χ1v) is 8.24. The minimum atomic E-state index is -0.410. The maximum Gasteiger partial charge on any atom is 0.241 e. The molecule has 1 aliphatic heterocycles. The van der Waals surface area contributed by atoms with Gasteiger partial charge in [0.25, 0.3) is 0 Å². The van der Waals surface area contributed by atoms with Crippen LogP contribution in [0.25, 0.3) is 0 Å². The lowest BCUT2D eigenvalue weighted by molar-refractivity contribution is -0.120. The highest BCUT2D eigenvalue weighted by atomic mass is 19.1. The maximum absolute atomic E-state index is 13.7. The van der Waals surface area contributed by atoms with Gasteiger partial charge in [0.2, 0.25) is 5.91 Å². The molecule has 3 rings (SSSR count). The molecular weight excluding hydrogens is 305 g/mol. The molecular formula is C19H22FN3O. The number of para-hydroxylation sites is 2. The summed E-state index contributed by atoms with van der Waals surface area (Å²) < 4.78 is 13.7. The molecule has 0 aliphatic carbocycles. The number of nitrogens with one attached hydrogen (secondary N) is 1. The first-order valence-electron chi connectivity index (χ1n) is 8.24. The zero-order chi connectivity index (χ0) is 16.9. The van der Waals surface area contributed by atoms with Crippen molar-refractivity contribution in [1.29, 1.82) is 0 Å². The smallest absolute Gasteiger partial charge is 0.241 e. The summed E-state index contributed by atoms with van der Waals surface area (Å²) in [5.41, 5.74) is 1.44. The van der Waals surface area contributed by atoms with Crippen LogP contribution in [0.3, 0.4) is 0 Å². The van der Waals surface area contributed by atoms with Gasteiger partial charge in [-0.25, -0.2) is 4.39 Å². The molecule has 0 radical (unpaired) electrons. The fraction of sp³-hybridized carbons (Fsp3) is 0.316. The first-order chi connectivity index (χ1) is 11.6. The molecule has 0 unspecified atom stereocenters. The maximum atomic E-state index is 13.7. The summed E-state index contributed by atoms with van der Waals surface area (Å²) in [6.45, 7) is 5.23. The van der Waals surface area contributed by atoms with Crippen LogP contribution in [0.1, 0.15) is 6.92 Å². The Hall–Kier alpha value is -2.40. The average Bonchev–Trinajstić information content (AvgIpc) is 2.64. The SMILES string of the molecule is C[C@@H](C(=O)Nc1ccccc1F)N1CCN(c2ccccc2)CC1. The molecule has 0 spiro atoms. The van der Waals surface area contributed by atoms with Crippen LogP contribution in [-0.4, -0.2) is 43.0 Å². The molecule has 0 saturated carbocycles. The van der Waals surface area contributed by atoms with E-state index in [4.69, 9.17) is 0 Å². The molecule has 1 saturated heterocycles. The summed E-state index contributed by atoms with van der Waals surface area (Å²) in [5.74, 6) is -0.583. The van der Waals surface area contributed by atoms with E-state index in [9.17, 15) is 9.18 Å². The van der Waals surface area contributed by atoms with Crippen LogP contribution >= 0.6 is 0 Å². The zero-order valence-electron chi connectivity index (χ0n) is 13.8. The van der Waals surface area contributed by atoms with Gasteiger partial charge in [0.05, 0.1) is 11.7 Å². The van der Waals surface area contributed by atoms with Crippen molar-refractivity contribution < 1.29 is 9.18 Å². The van der Waals surface area contributed by atoms with E-state index in [0.717, 1.165) is 26.2 Å². The number of halogens is 1. The lowest BCUT2D eigenvalue weighted by atomic mass is 10.2. The number of hydrogen-bond donors (Lipinski definition) is 1. The van der Waals surface area contributed by atoms with Crippen LogP contribution in [0.5, 0.6) is 0 Å². The van der Waals surface area contributed by atoms with E-state index in [1.54, 1.807) is 18.2 Å². The monoisotopic (exact) mass is 327 g/mol. The van der Waals surface area contributed by atoms with Gasteiger partial charge in [-0.3, -0.25) is 9.69 Å². The molecule has 0 aromatic heterocycles. The number of rotatable bonds is 4. The van der Waals surface area contributed by atoms with Crippen LogP contribution in [0.2, 0.25) is 0 Å². The highest BCUT2D eigenvalue weighted by Crippen LogP contribution is 2.18. The molecule has 1 amide bonds. The highest BCUT2D eigenvalue weighted by Gasteiger charge is 2.26. The predicted octanol–water partition coefficient (Wildman–Crippen LogP) is 2.97. The largest absolute Gasteiger partial charge is 0.369 e. The van der Waals surface area contributed by atoms with Crippen molar-refractivity contribution in [2.75, 3.05) is 36.4 Å². The molecule has 2 aromatic rings. The van der Waals surface area contributed by atoms with E-state index >= 15 is 0 Å². The van der Waals surface area contributed by atoms with Gasteiger partial charge in [-0.05, 0) is 31.2 Å². The quantitative estimate of drug-likeness (QED) is 0.938. The first kappa shape index (κ1) is 16.5. The molecule has 1 atom stereocenters. The van der Waals surface area contributed by atoms with Gasteiger partial charge in [-0.2, -0.15) is 0 Å². The van der Waals surface area contributed by atoms with Crippen LogP contribution in [0.4, 0.5) is 15.8 Å². The summed E-state index contributed by atoms with van der Waals surface area (Å²) in [6.07, 6.45) is 0. The fourth-order valence-corrected chi connectivity index (χ4v) is 2.97. The third kappa shape index (κ3) is 3.74. The average molecular weight is 327 g/mol. The number of amides is 1. The second-order valence-electron chi connectivity index (χ2n) is 6.00. The van der Waals surface area contributed by atoms with E-state index in [1.807, 2.05) is 25.1 Å². The van der Waals surface area contributed by atoms with E-state index < -0.39 is 5.82 Å². The molecule has 24 heavy (non-hydrogen) atoms. The fourth-order valence-electron chi connectivity index (χ4n) is 2.97. The Morgan fingerprint density at radius 3 is 2.29 bits per heavy atom. The Kier molecular flexibility index (Phi) is 5.11. The van der Waals surface area contributed by atoms with Crippen molar-refractivity contribution in [2.45, 2.75) is 13.0 Å². The summed E-state index contributed by atoms with van der Waals surface area (Å²) >= 11 is 0. The van der Waals surface area contributed by atoms with Gasteiger partial charge in [-0.1, -0.05) is 30.3 Å². The van der Waals surface area contributed by atoms with Crippen molar-refractivity contribution in [2.24, 2.45) is 0 Å². The molecule has 1 aliphatic rings. The normalized spacial score (nSPS) is 16.7. The Morgan fingerprint density at radius 1 is 1.00 bits per heavy atom. The lowest BCUT2D eigenvalue weighted by Crippen LogP contribution is -2.52. The number of nitrogens with zero attached hydrogens (tertiary/aromatic N) is 2. The minimum absolute atomic E-state index is 0.173. The summed E-state index contributed by atoms with van der Waals surface area (Å²) in [5, 5.41) is 2.68. The molecule has 1 fully saturated rings. The number of piperazine rings is 1. The summed E-state index contributed by atoms with van der Waals surface area (Å²) in [6, 6.07) is 16.2. The van der Waals surface area contributed by atoms with E-state index in [-0.39, 0.29) is 17.6 Å². The minimum Gasteiger partial charge on any atom is -0.369 e. The molecule has 5 heteroatoms. The third-order valence-electron chi connectivity index (χ3n) is 4.49. The highest BCUT2D eigenvalue weighted by molar-refractivity contribution is 5.94. The van der Waals surface area contributed by atoms with Gasteiger partial charge < -0.3 is 10.2 Å². The Labute approximate surface area is 141 Å². The van der Waals surface area contributed by atoms with Crippen LogP contribution in [0.15, 0.2) is 54.6 Å². The van der Waals surface area contributed by atoms with Gasteiger partial charge in [0.15, 0.2) is 0 Å². The van der Waals surface area contributed by atoms with Crippen molar-refractivity contribution in [1.82, 2.24) is 4.90 Å². The van der Waals surface area contributed by atoms with Gasteiger partial charge in [0, 0.05) is 31.9 Å². The van der Waals surface area contributed by atoms with Crippen molar-refractivity contribution in [3.8, 4) is 0 Å². The zero-order valence-corrected chi connectivity index (χ0v) is 13.8. The summed E-state index contributed by atoms with van der Waals surface area (Å²) in [4.78, 5) is 16.8. The van der Waals surface area contributed by atoms with Crippen molar-refractivity contribution >= 4 is 17.3 Å². The predicted molar refractivity (Wildman–Crippen MR) is 94.7 cm³/mol. The lowest BCUT2D eigenvalue weighted by Gasteiger charge is -2.38. The second-order valence-corrected chi connectivity index (χ2v) is 6.00. The molecule has 2 aromatic carbocycles. The van der Waals surface area contributed by atoms with Crippen molar-refractivity contribution in [3.63, 3.8) is 0 Å².